The maximum absolute atomic E-state index is 13.0. The minimum Gasteiger partial charge on any atom is -0.490 e. The molecular formula is C90H81Cl5N10O16S. The van der Waals surface area contributed by atoms with Crippen LogP contribution in [0, 0.1) is 20.8 Å². The summed E-state index contributed by atoms with van der Waals surface area (Å²) in [4.78, 5) is 129. The Kier molecular flexibility index (Phi) is 28.4. The zero-order valence-electron chi connectivity index (χ0n) is 67.6. The van der Waals surface area contributed by atoms with Crippen molar-refractivity contribution in [2.45, 2.75) is 99.1 Å². The number of rotatable bonds is 20. The standard InChI is InChI=1S/C19H19ClN2O3.C19H18ClNO4.C18H17ClN2O3.C18H16ClNO3S.C16H11ClN4O3/c1-4-21(3)18-14(20)8-7-13-17(18)22(10-16(23)24)15-9-11(2)5-6-12(15)19(13)25;1-3-11-5-6-12-15(9-11)21(10-16(22)23)17-13(18(12)24)7-8-14(20)19(17)25-4-2;1-10-4-5-11-14(8-10)21(9-15(22)23)16-12(18(11)24)6-7-13(19)17(16)20(2)3;1-3-24-18-13(19)7-6-12-16(18)20(9-15(21)22)14-8-10(2)4-5-11(14)17(12)23;17-12-6-5-10-15(11(12)7-19-20-18)21(8-14(22)23)13-4-2-1-3-9(13)16(10)24/h5-9H,4,10H2,1-3H3,(H,23,24);5-9H,3-4,10H2,1-2H3,(H,22,23);4-8H,9H2,1-3H3,(H,22,23);4-8H,3,9H2,1-2H3,(H,21,22);1-6H,7-8H2,(H,22,23). The number of carbonyl (C=O) groups is 5. The number of aromatic nitrogens is 5. The van der Waals surface area contributed by atoms with Gasteiger partial charge in [-0.1, -0.05) is 113 Å². The fourth-order valence-electron chi connectivity index (χ4n) is 15.0. The first-order chi connectivity index (χ1) is 58.1. The Labute approximate surface area is 724 Å². The first-order valence-electron chi connectivity index (χ1n) is 38.1. The van der Waals surface area contributed by atoms with E-state index in [9.17, 15) is 73.5 Å². The van der Waals surface area contributed by atoms with Crippen molar-refractivity contribution in [3.05, 3.63) is 272 Å². The molecule has 0 aliphatic carbocycles. The van der Waals surface area contributed by atoms with Gasteiger partial charge in [0.05, 0.1) is 110 Å². The predicted molar refractivity (Wildman–Crippen MR) is 489 cm³/mol. The summed E-state index contributed by atoms with van der Waals surface area (Å²) in [6.45, 7) is 13.1. The third-order valence-corrected chi connectivity index (χ3v) is 23.0. The molecule has 628 valence electrons. The highest BCUT2D eigenvalue weighted by Gasteiger charge is 2.26. The van der Waals surface area contributed by atoms with Crippen LogP contribution >= 0.6 is 69.8 Å². The monoisotopic (exact) mass is 1760 g/mol. The van der Waals surface area contributed by atoms with Crippen LogP contribution in [0.5, 0.6) is 5.75 Å². The van der Waals surface area contributed by atoms with E-state index in [4.69, 9.17) is 68.3 Å². The summed E-state index contributed by atoms with van der Waals surface area (Å²) in [7, 11) is 5.50. The van der Waals surface area contributed by atoms with E-state index in [-0.39, 0.29) is 66.4 Å². The smallest absolute Gasteiger partial charge is 0.323 e. The van der Waals surface area contributed by atoms with Crippen LogP contribution in [-0.4, -0.2) is 118 Å². The van der Waals surface area contributed by atoms with Crippen molar-refractivity contribution < 1.29 is 54.2 Å². The molecule has 5 heterocycles. The molecule has 5 N–H and O–H groups in total. The zero-order chi connectivity index (χ0) is 88.7. The molecule has 0 saturated heterocycles. The van der Waals surface area contributed by atoms with E-state index in [0.717, 1.165) is 39.3 Å². The highest BCUT2D eigenvalue weighted by molar-refractivity contribution is 7.99. The molecule has 122 heavy (non-hydrogen) atoms. The second-order valence-corrected chi connectivity index (χ2v) is 31.9. The van der Waals surface area contributed by atoms with Gasteiger partial charge in [-0.3, -0.25) is 47.9 Å². The topological polar surface area (TPSA) is 361 Å². The number of azide groups is 1. The molecule has 0 fully saturated rings. The van der Waals surface area contributed by atoms with Crippen LogP contribution in [0.15, 0.2) is 192 Å². The first kappa shape index (κ1) is 90.2. The van der Waals surface area contributed by atoms with Crippen LogP contribution in [0.25, 0.3) is 119 Å². The highest BCUT2D eigenvalue weighted by Crippen LogP contribution is 2.40. The van der Waals surface area contributed by atoms with E-state index in [1.807, 2.05) is 123 Å². The molecule has 15 rings (SSSR count). The van der Waals surface area contributed by atoms with Crippen LogP contribution in [0.2, 0.25) is 25.1 Å². The first-order valence-corrected chi connectivity index (χ1v) is 41.0. The number of ether oxygens (including phenoxy) is 1. The third-order valence-electron chi connectivity index (χ3n) is 20.3. The molecule has 15 aromatic rings. The Hall–Kier alpha value is -12.6. The van der Waals surface area contributed by atoms with E-state index in [1.165, 1.54) is 16.3 Å². The van der Waals surface area contributed by atoms with Gasteiger partial charge in [-0.25, -0.2) is 0 Å². The largest absolute Gasteiger partial charge is 0.490 e. The van der Waals surface area contributed by atoms with Crippen LogP contribution in [-0.2, 0) is 69.7 Å². The molecule has 0 atom stereocenters. The minimum atomic E-state index is -1.06. The van der Waals surface area contributed by atoms with Crippen molar-refractivity contribution >= 4 is 220 Å². The summed E-state index contributed by atoms with van der Waals surface area (Å²) in [5.74, 6) is -3.87. The van der Waals surface area contributed by atoms with Gasteiger partial charge in [0, 0.05) is 91.7 Å². The van der Waals surface area contributed by atoms with E-state index in [0.29, 0.717) is 170 Å². The minimum absolute atomic E-state index is 0.0793. The molecule has 0 saturated carbocycles. The number of fused-ring (bicyclic) bond motifs is 10. The number of carboxylic acids is 5. The zero-order valence-corrected chi connectivity index (χ0v) is 72.2. The number of halogens is 5. The lowest BCUT2D eigenvalue weighted by atomic mass is 10.0. The van der Waals surface area contributed by atoms with Crippen molar-refractivity contribution in [2.24, 2.45) is 5.11 Å². The van der Waals surface area contributed by atoms with Gasteiger partial charge in [0.15, 0.2) is 32.9 Å². The van der Waals surface area contributed by atoms with Crippen molar-refractivity contribution in [1.29, 1.82) is 0 Å². The molecule has 32 heteroatoms. The van der Waals surface area contributed by atoms with Gasteiger partial charge < -0.3 is 62.9 Å². The average molecular weight is 1770 g/mol. The predicted octanol–water partition coefficient (Wildman–Crippen LogP) is 18.8. The number of aliphatic carboxylic acids is 5. The lowest BCUT2D eigenvalue weighted by Gasteiger charge is -2.24. The van der Waals surface area contributed by atoms with Crippen molar-refractivity contribution in [3.8, 4) is 5.75 Å². The maximum Gasteiger partial charge on any atom is 0.323 e. The van der Waals surface area contributed by atoms with Crippen molar-refractivity contribution in [3.63, 3.8) is 0 Å². The van der Waals surface area contributed by atoms with Crippen molar-refractivity contribution in [2.75, 3.05) is 49.8 Å². The molecular weight excluding hydrogens is 1690 g/mol. The number of pyridine rings is 5. The summed E-state index contributed by atoms with van der Waals surface area (Å²) in [6, 6.07) is 45.0. The number of carboxylic acid groups (broad SMARTS) is 5. The van der Waals surface area contributed by atoms with Crippen LogP contribution in [0.4, 0.5) is 11.4 Å². The molecule has 0 unspecified atom stereocenters. The number of hydrogen-bond donors (Lipinski definition) is 5. The van der Waals surface area contributed by atoms with Crippen molar-refractivity contribution in [1.82, 2.24) is 22.8 Å². The number of hydrogen-bond acceptors (Lipinski definition) is 15. The van der Waals surface area contributed by atoms with Crippen LogP contribution in [0.1, 0.15) is 55.5 Å². The SMILES string of the molecule is CCN(C)c1c(Cl)ccc2c(=O)c3ccc(C)cc3n(CC(=O)O)c12.CCOc1c(Cl)ccc2c(=O)c3ccc(CC)cc3n(CC(=O)O)c12.CCSc1c(Cl)ccc2c(=O)c3ccc(C)cc3n(CC(=O)O)c12.Cc1ccc2c(=O)c3ccc(Cl)c(N(C)C)c3n(CC(=O)O)c2c1.[N-]=[N+]=NCc1c(Cl)ccc2c(=O)c3ccccc3n(CC(=O)O)c12. The summed E-state index contributed by atoms with van der Waals surface area (Å²) in [6.07, 6.45) is 0.781. The maximum atomic E-state index is 13.0. The molecule has 0 amide bonds. The fraction of sp³-hybridized carbons (Fsp3) is 0.222. The number of nitrogens with zero attached hydrogens (tertiary/aromatic N) is 10. The number of benzene rings is 10. The van der Waals surface area contributed by atoms with Gasteiger partial charge in [0.2, 0.25) is 0 Å². The molecule has 10 aromatic carbocycles. The molecule has 5 aromatic heterocycles. The van der Waals surface area contributed by atoms with Gasteiger partial charge in [-0.15, -0.1) is 11.8 Å². The van der Waals surface area contributed by atoms with Gasteiger partial charge in [0.1, 0.15) is 32.7 Å². The second kappa shape index (κ2) is 38.4. The number of anilines is 2. The van der Waals surface area contributed by atoms with E-state index < -0.39 is 29.8 Å². The lowest BCUT2D eigenvalue weighted by molar-refractivity contribution is -0.138. The summed E-state index contributed by atoms with van der Waals surface area (Å²) in [5, 5.41) is 57.1. The van der Waals surface area contributed by atoms with Crippen LogP contribution < -0.4 is 41.7 Å². The molecule has 26 nitrogen and oxygen atoms in total. The van der Waals surface area contributed by atoms with Gasteiger partial charge in [-0.05, 0) is 196 Å². The van der Waals surface area contributed by atoms with E-state index >= 15 is 0 Å². The normalized spacial score (nSPS) is 11.1. The Balaban J connectivity index is 0.000000149. The number of aryl methyl sites for hydroxylation is 4. The van der Waals surface area contributed by atoms with E-state index in [1.54, 1.807) is 132 Å². The summed E-state index contributed by atoms with van der Waals surface area (Å²) >= 11 is 33.1. The molecule has 0 aliphatic rings. The van der Waals surface area contributed by atoms with E-state index in [2.05, 4.69) is 10.0 Å². The highest BCUT2D eigenvalue weighted by atomic mass is 35.5. The lowest BCUT2D eigenvalue weighted by Crippen LogP contribution is -2.22. The Morgan fingerprint density at radius 2 is 0.770 bits per heavy atom. The molecule has 0 aliphatic heterocycles. The van der Waals surface area contributed by atoms with Gasteiger partial charge in [0.25, 0.3) is 0 Å². The second-order valence-electron chi connectivity index (χ2n) is 28.5. The molecule has 0 radical (unpaired) electrons. The Bertz CT molecular complexity index is 7220. The Morgan fingerprint density at radius 1 is 0.418 bits per heavy atom. The number of para-hydroxylation sites is 1. The molecule has 0 spiro atoms. The average Bonchev–Trinajstić information content (AvgIpc) is 0.752. The fourth-order valence-corrected chi connectivity index (χ4v) is 17.2. The molecule has 0 bridgehead atoms. The summed E-state index contributed by atoms with van der Waals surface area (Å²) < 4.78 is 13.8. The quantitative estimate of drug-likeness (QED) is 0.0156. The van der Waals surface area contributed by atoms with Crippen LogP contribution in [0.3, 0.4) is 0 Å². The van der Waals surface area contributed by atoms with Gasteiger partial charge >= 0.3 is 29.8 Å². The number of thioether (sulfide) groups is 1. The Morgan fingerprint density at radius 3 is 1.20 bits per heavy atom. The summed E-state index contributed by atoms with van der Waals surface area (Å²) in [5.41, 5.74) is 18.9. The van der Waals surface area contributed by atoms with Gasteiger partial charge in [-0.2, -0.15) is 0 Å². The third kappa shape index (κ3) is 18.4.